The number of hydrazone groups is 1. The second kappa shape index (κ2) is 11.1. The summed E-state index contributed by atoms with van der Waals surface area (Å²) < 4.78 is 86.2. The number of amides is 2. The van der Waals surface area contributed by atoms with E-state index in [1.54, 1.807) is 12.1 Å². The number of benzene rings is 2. The number of nitrogens with zero attached hydrogens (tertiary/aromatic N) is 2. The molecule has 0 saturated heterocycles. The molecule has 1 atom stereocenters. The summed E-state index contributed by atoms with van der Waals surface area (Å²) in [7, 11) is 1.40. The first kappa shape index (κ1) is 27.8. The van der Waals surface area contributed by atoms with Gasteiger partial charge in [0.2, 0.25) is 12.8 Å². The molecule has 1 heterocycles. The van der Waals surface area contributed by atoms with Crippen LogP contribution in [0.2, 0.25) is 0 Å². The molecule has 0 bridgehead atoms. The van der Waals surface area contributed by atoms with Crippen molar-refractivity contribution in [3.8, 4) is 11.5 Å². The lowest BCUT2D eigenvalue weighted by Gasteiger charge is -2.29. The molecule has 2 aromatic rings. The zero-order chi connectivity index (χ0) is 27.4. The molecule has 3 rings (SSSR count). The van der Waals surface area contributed by atoms with Crippen molar-refractivity contribution in [2.45, 2.75) is 38.4 Å². The van der Waals surface area contributed by atoms with Crippen LogP contribution < -0.4 is 14.8 Å². The van der Waals surface area contributed by atoms with Crippen LogP contribution in [0.15, 0.2) is 47.6 Å². The summed E-state index contributed by atoms with van der Waals surface area (Å²) in [5.41, 5.74) is 1.43. The molecule has 1 aliphatic rings. The minimum Gasteiger partial charge on any atom is -0.493 e. The SMILES string of the molecule is CCC1CC(=O)N(Cc2ccc(NC(=O)C(F)(F)C(F)(F)F)cc2)N=C1c1ccc(OCF)c(OC)c1. The Labute approximate surface area is 208 Å². The molecule has 2 amide bonds. The molecule has 0 spiro atoms. The van der Waals surface area contributed by atoms with Crippen LogP contribution in [0.5, 0.6) is 11.5 Å². The first-order chi connectivity index (χ1) is 17.4. The fraction of sp³-hybridized carbons (Fsp3) is 0.375. The number of anilines is 1. The average Bonchev–Trinajstić information content (AvgIpc) is 2.85. The molecule has 0 aromatic heterocycles. The Balaban J connectivity index is 1.80. The van der Waals surface area contributed by atoms with Gasteiger partial charge in [-0.3, -0.25) is 9.59 Å². The second-order valence-electron chi connectivity index (χ2n) is 8.09. The van der Waals surface area contributed by atoms with Gasteiger partial charge >= 0.3 is 18.0 Å². The first-order valence-electron chi connectivity index (χ1n) is 11.0. The van der Waals surface area contributed by atoms with Gasteiger partial charge < -0.3 is 14.8 Å². The topological polar surface area (TPSA) is 80.2 Å². The smallest absolute Gasteiger partial charge is 0.463 e. The molecular formula is C24H23F6N3O4. The molecule has 200 valence electrons. The highest BCUT2D eigenvalue weighted by atomic mass is 19.4. The molecular weight excluding hydrogens is 508 g/mol. The van der Waals surface area contributed by atoms with Gasteiger partial charge in [-0.2, -0.15) is 27.1 Å². The van der Waals surface area contributed by atoms with Crippen molar-refractivity contribution in [2.75, 3.05) is 19.3 Å². The minimum atomic E-state index is -6.03. The van der Waals surface area contributed by atoms with Crippen LogP contribution in [0.1, 0.15) is 30.9 Å². The van der Waals surface area contributed by atoms with Crippen molar-refractivity contribution in [3.05, 3.63) is 53.6 Å². The van der Waals surface area contributed by atoms with Crippen molar-refractivity contribution < 1.29 is 45.4 Å². The Morgan fingerprint density at radius 1 is 1.11 bits per heavy atom. The molecule has 0 saturated carbocycles. The van der Waals surface area contributed by atoms with E-state index in [1.165, 1.54) is 35.6 Å². The summed E-state index contributed by atoms with van der Waals surface area (Å²) in [5.74, 6) is -8.05. The largest absolute Gasteiger partial charge is 0.493 e. The quantitative estimate of drug-likeness (QED) is 0.446. The third-order valence-electron chi connectivity index (χ3n) is 5.67. The molecule has 1 N–H and O–H groups in total. The third-order valence-corrected chi connectivity index (χ3v) is 5.67. The monoisotopic (exact) mass is 531 g/mol. The zero-order valence-electron chi connectivity index (χ0n) is 19.7. The van der Waals surface area contributed by atoms with Gasteiger partial charge in [-0.05, 0) is 42.3 Å². The van der Waals surface area contributed by atoms with E-state index in [9.17, 15) is 35.9 Å². The summed E-state index contributed by atoms with van der Waals surface area (Å²) >= 11 is 0. The van der Waals surface area contributed by atoms with E-state index in [4.69, 9.17) is 9.47 Å². The van der Waals surface area contributed by atoms with Crippen LogP contribution in [-0.2, 0) is 16.1 Å². The average molecular weight is 531 g/mol. The molecule has 0 fully saturated rings. The maximum absolute atomic E-state index is 13.2. The molecule has 1 unspecified atom stereocenters. The fourth-order valence-electron chi connectivity index (χ4n) is 3.64. The highest BCUT2D eigenvalue weighted by Crippen LogP contribution is 2.36. The molecule has 0 aliphatic carbocycles. The van der Waals surface area contributed by atoms with Crippen molar-refractivity contribution >= 4 is 23.2 Å². The highest BCUT2D eigenvalue weighted by Gasteiger charge is 2.63. The van der Waals surface area contributed by atoms with E-state index in [0.29, 0.717) is 23.3 Å². The van der Waals surface area contributed by atoms with Crippen molar-refractivity contribution in [1.29, 1.82) is 0 Å². The summed E-state index contributed by atoms with van der Waals surface area (Å²) in [5, 5.41) is 7.24. The van der Waals surface area contributed by atoms with Crippen molar-refractivity contribution in [3.63, 3.8) is 0 Å². The van der Waals surface area contributed by atoms with Crippen LogP contribution in [0, 0.1) is 5.92 Å². The number of hydrogen-bond acceptors (Lipinski definition) is 5. The van der Waals surface area contributed by atoms with E-state index in [-0.39, 0.29) is 42.0 Å². The van der Waals surface area contributed by atoms with Crippen LogP contribution in [0.4, 0.5) is 32.0 Å². The molecule has 37 heavy (non-hydrogen) atoms. The lowest BCUT2D eigenvalue weighted by molar-refractivity contribution is -0.267. The lowest BCUT2D eigenvalue weighted by atomic mass is 9.89. The highest BCUT2D eigenvalue weighted by molar-refractivity contribution is 6.06. The van der Waals surface area contributed by atoms with Gasteiger partial charge in [-0.15, -0.1) is 0 Å². The van der Waals surface area contributed by atoms with Gasteiger partial charge in [-0.1, -0.05) is 19.1 Å². The summed E-state index contributed by atoms with van der Waals surface area (Å²) in [4.78, 5) is 24.1. The Morgan fingerprint density at radius 3 is 2.35 bits per heavy atom. The van der Waals surface area contributed by atoms with E-state index >= 15 is 0 Å². The van der Waals surface area contributed by atoms with Crippen molar-refractivity contribution in [1.82, 2.24) is 5.01 Å². The number of carbonyl (C=O) groups excluding carboxylic acids is 2. The number of methoxy groups -OCH3 is 1. The molecule has 0 radical (unpaired) electrons. The standard InChI is InChI=1S/C24H23F6N3O4/c1-3-15-11-20(34)33(32-21(15)16-6-9-18(37-13-25)19(10-16)36-2)12-14-4-7-17(8-5-14)31-22(35)23(26,27)24(28,29)30/h4-10,15H,3,11-13H2,1-2H3,(H,31,35). The third kappa shape index (κ3) is 6.15. The normalized spacial score (nSPS) is 16.3. The Morgan fingerprint density at radius 2 is 1.78 bits per heavy atom. The number of carbonyl (C=O) groups is 2. The summed E-state index contributed by atoms with van der Waals surface area (Å²) in [6.45, 7) is 0.839. The van der Waals surface area contributed by atoms with Gasteiger partial charge in [0.25, 0.3) is 0 Å². The number of rotatable bonds is 9. The Kier molecular flexibility index (Phi) is 8.34. The van der Waals surface area contributed by atoms with E-state index in [0.717, 1.165) is 12.1 Å². The lowest BCUT2D eigenvalue weighted by Crippen LogP contribution is -2.47. The number of ether oxygens (including phenoxy) is 2. The van der Waals surface area contributed by atoms with Crippen LogP contribution in [0.3, 0.4) is 0 Å². The predicted molar refractivity (Wildman–Crippen MR) is 121 cm³/mol. The Bertz CT molecular complexity index is 1170. The molecule has 1 aliphatic heterocycles. The van der Waals surface area contributed by atoms with Crippen LogP contribution in [0.25, 0.3) is 0 Å². The number of alkyl halides is 6. The molecule has 7 nitrogen and oxygen atoms in total. The maximum atomic E-state index is 13.2. The summed E-state index contributed by atoms with van der Waals surface area (Å²) in [6.07, 6.45) is -5.26. The van der Waals surface area contributed by atoms with Gasteiger partial charge in [0, 0.05) is 23.6 Å². The number of nitrogens with one attached hydrogen (secondary N) is 1. The fourth-order valence-corrected chi connectivity index (χ4v) is 3.64. The zero-order valence-corrected chi connectivity index (χ0v) is 19.7. The van der Waals surface area contributed by atoms with E-state index in [1.807, 2.05) is 6.92 Å². The summed E-state index contributed by atoms with van der Waals surface area (Å²) in [6, 6.07) is 9.82. The van der Waals surface area contributed by atoms with Gasteiger partial charge in [0.1, 0.15) is 0 Å². The van der Waals surface area contributed by atoms with Gasteiger partial charge in [-0.25, -0.2) is 9.40 Å². The van der Waals surface area contributed by atoms with E-state index < -0.39 is 24.9 Å². The van der Waals surface area contributed by atoms with Crippen molar-refractivity contribution in [2.24, 2.45) is 11.0 Å². The van der Waals surface area contributed by atoms with Crippen LogP contribution in [-0.4, -0.2) is 48.6 Å². The van der Waals surface area contributed by atoms with Crippen LogP contribution >= 0.6 is 0 Å². The number of hydrogen-bond donors (Lipinski definition) is 1. The molecule has 2 aromatic carbocycles. The van der Waals surface area contributed by atoms with E-state index in [2.05, 4.69) is 5.10 Å². The predicted octanol–water partition coefficient (Wildman–Crippen LogP) is 5.30. The second-order valence-corrected chi connectivity index (χ2v) is 8.09. The first-order valence-corrected chi connectivity index (χ1v) is 11.0. The maximum Gasteiger partial charge on any atom is 0.463 e. The number of halogens is 6. The molecule has 13 heteroatoms. The minimum absolute atomic E-state index is 0.0219. The van der Waals surface area contributed by atoms with Gasteiger partial charge in [0.15, 0.2) is 11.5 Å². The van der Waals surface area contributed by atoms with Gasteiger partial charge in [0.05, 0.1) is 19.4 Å². The Hall–Kier alpha value is -3.77.